The quantitative estimate of drug-likeness (QED) is 0.562. The van der Waals surface area contributed by atoms with Crippen LogP contribution in [0.2, 0.25) is 0 Å². The van der Waals surface area contributed by atoms with Crippen molar-refractivity contribution in [3.8, 4) is 5.69 Å². The molecule has 0 aliphatic carbocycles. The number of aliphatic hydroxyl groups is 1. The number of carboxylic acids is 1. The number of carboxylic acid groups (broad SMARTS) is 1. The van der Waals surface area contributed by atoms with Crippen molar-refractivity contribution in [2.45, 2.75) is 13.0 Å². The molecule has 0 amide bonds. The molecule has 9 nitrogen and oxygen atoms in total. The van der Waals surface area contributed by atoms with E-state index in [0.29, 0.717) is 16.9 Å². The van der Waals surface area contributed by atoms with E-state index in [1.165, 1.54) is 19.2 Å². The number of esters is 1. The Balaban J connectivity index is 1.64. The van der Waals surface area contributed by atoms with Crippen molar-refractivity contribution in [2.24, 2.45) is 0 Å². The summed E-state index contributed by atoms with van der Waals surface area (Å²) in [6.45, 7) is 4.95. The summed E-state index contributed by atoms with van der Waals surface area (Å²) >= 11 is 0. The zero-order valence-corrected chi connectivity index (χ0v) is 18.0. The summed E-state index contributed by atoms with van der Waals surface area (Å²) < 4.78 is 6.59. The molecule has 1 fully saturated rings. The van der Waals surface area contributed by atoms with Crippen molar-refractivity contribution in [3.63, 3.8) is 0 Å². The van der Waals surface area contributed by atoms with E-state index >= 15 is 0 Å². The highest BCUT2D eigenvalue weighted by molar-refractivity contribution is 5.91. The van der Waals surface area contributed by atoms with E-state index < -0.39 is 12.1 Å². The highest BCUT2D eigenvalue weighted by Gasteiger charge is 2.21. The van der Waals surface area contributed by atoms with Crippen LogP contribution in [0.1, 0.15) is 29.2 Å². The third kappa shape index (κ3) is 4.30. The second kappa shape index (κ2) is 8.97. The molecule has 2 heterocycles. The van der Waals surface area contributed by atoms with Crippen molar-refractivity contribution >= 4 is 28.7 Å². The number of anilines is 1. The Morgan fingerprint density at radius 3 is 2.50 bits per heavy atom. The van der Waals surface area contributed by atoms with Crippen molar-refractivity contribution < 1.29 is 24.5 Å². The van der Waals surface area contributed by atoms with Gasteiger partial charge in [0.15, 0.2) is 0 Å². The Bertz CT molecular complexity index is 1150. The number of benzene rings is 2. The standard InChI is InChI=1S/C23H26N4O5/c1-15(28)22-24-19-12-16(23(30)31)6-7-20(19)27(22)18-5-3-4-17(13-18)26-10-8-25(9-11-26)14-21(29)32-2/h3-7,12-13,15,28H,8-11,14H2,1-2H3,(H,30,31)/p-1. The molecular weight excluding hydrogens is 412 g/mol. The number of ether oxygens (including phenoxy) is 1. The van der Waals surface area contributed by atoms with E-state index in [1.807, 2.05) is 28.8 Å². The van der Waals surface area contributed by atoms with Crippen LogP contribution in [0.4, 0.5) is 5.69 Å². The van der Waals surface area contributed by atoms with Gasteiger partial charge in [0.25, 0.3) is 0 Å². The Hall–Kier alpha value is -3.43. The van der Waals surface area contributed by atoms with Gasteiger partial charge in [-0.15, -0.1) is 0 Å². The van der Waals surface area contributed by atoms with E-state index in [1.54, 1.807) is 13.0 Å². The van der Waals surface area contributed by atoms with Crippen LogP contribution >= 0.6 is 0 Å². The predicted molar refractivity (Wildman–Crippen MR) is 117 cm³/mol. The summed E-state index contributed by atoms with van der Waals surface area (Å²) in [6.07, 6.45) is -0.848. The fraction of sp³-hybridized carbons (Fsp3) is 0.348. The zero-order chi connectivity index (χ0) is 22.8. The van der Waals surface area contributed by atoms with Gasteiger partial charge in [0.05, 0.1) is 30.7 Å². The van der Waals surface area contributed by atoms with Gasteiger partial charge < -0.3 is 24.6 Å². The van der Waals surface area contributed by atoms with Crippen LogP contribution < -0.4 is 10.0 Å². The minimum Gasteiger partial charge on any atom is -0.545 e. The molecule has 0 radical (unpaired) electrons. The van der Waals surface area contributed by atoms with Crippen molar-refractivity contribution in [1.82, 2.24) is 14.5 Å². The van der Waals surface area contributed by atoms with E-state index in [9.17, 15) is 19.8 Å². The predicted octanol–water partition coefficient (Wildman–Crippen LogP) is 0.737. The molecular formula is C23H25N4O5-. The van der Waals surface area contributed by atoms with E-state index in [4.69, 9.17) is 4.74 Å². The number of aromatic nitrogens is 2. The number of imidazole rings is 1. The first kappa shape index (κ1) is 21.8. The monoisotopic (exact) mass is 437 g/mol. The third-order valence-corrected chi connectivity index (χ3v) is 5.70. The second-order valence-corrected chi connectivity index (χ2v) is 7.83. The van der Waals surface area contributed by atoms with Crippen LogP contribution in [-0.2, 0) is 9.53 Å². The Kier molecular flexibility index (Phi) is 6.11. The average molecular weight is 437 g/mol. The minimum atomic E-state index is -1.27. The van der Waals surface area contributed by atoms with Crippen molar-refractivity contribution in [3.05, 3.63) is 53.9 Å². The number of methoxy groups -OCH3 is 1. The molecule has 3 aromatic rings. The van der Waals surface area contributed by atoms with E-state index in [2.05, 4.69) is 14.8 Å². The topological polar surface area (TPSA) is 111 Å². The number of rotatable bonds is 6. The average Bonchev–Trinajstić information content (AvgIpc) is 3.19. The minimum absolute atomic E-state index is 0.0397. The number of nitrogens with zero attached hydrogens (tertiary/aromatic N) is 4. The van der Waals surface area contributed by atoms with Gasteiger partial charge in [-0.1, -0.05) is 12.1 Å². The Morgan fingerprint density at radius 1 is 1.12 bits per heavy atom. The molecule has 1 aliphatic heterocycles. The first-order valence-electron chi connectivity index (χ1n) is 10.4. The number of fused-ring (bicyclic) bond motifs is 1. The van der Waals surface area contributed by atoms with Gasteiger partial charge in [-0.25, -0.2) is 4.98 Å². The van der Waals surface area contributed by atoms with Crippen LogP contribution in [0.25, 0.3) is 16.7 Å². The summed E-state index contributed by atoms with van der Waals surface area (Å²) in [5, 5.41) is 21.5. The van der Waals surface area contributed by atoms with E-state index in [-0.39, 0.29) is 18.1 Å². The molecule has 1 N–H and O–H groups in total. The first-order chi connectivity index (χ1) is 15.4. The Morgan fingerprint density at radius 2 is 1.84 bits per heavy atom. The SMILES string of the molecule is COC(=O)CN1CCN(c2cccc(-n3c(C(C)O)nc4cc(C(=O)[O-])ccc43)c2)CC1. The molecule has 0 bridgehead atoms. The summed E-state index contributed by atoms with van der Waals surface area (Å²) in [5.41, 5.74) is 3.05. The lowest BCUT2D eigenvalue weighted by atomic mass is 10.2. The third-order valence-electron chi connectivity index (χ3n) is 5.70. The molecule has 2 aromatic carbocycles. The lowest BCUT2D eigenvalue weighted by Crippen LogP contribution is -2.48. The number of carbonyl (C=O) groups is 2. The van der Waals surface area contributed by atoms with Crippen molar-refractivity contribution in [1.29, 1.82) is 0 Å². The number of aromatic carboxylic acids is 1. The van der Waals surface area contributed by atoms with Crippen LogP contribution in [0.5, 0.6) is 0 Å². The molecule has 4 rings (SSSR count). The number of piperazine rings is 1. The maximum atomic E-state index is 11.5. The maximum absolute atomic E-state index is 11.5. The zero-order valence-electron chi connectivity index (χ0n) is 18.0. The first-order valence-corrected chi connectivity index (χ1v) is 10.4. The molecule has 1 atom stereocenters. The smallest absolute Gasteiger partial charge is 0.319 e. The molecule has 1 unspecified atom stereocenters. The van der Waals surface area contributed by atoms with Crippen LogP contribution in [0.3, 0.4) is 0 Å². The molecule has 168 valence electrons. The summed E-state index contributed by atoms with van der Waals surface area (Å²) in [4.78, 5) is 31.5. The van der Waals surface area contributed by atoms with E-state index in [0.717, 1.165) is 37.6 Å². The molecule has 1 aromatic heterocycles. The summed E-state index contributed by atoms with van der Waals surface area (Å²) in [6, 6.07) is 12.5. The number of hydrogen-bond acceptors (Lipinski definition) is 8. The normalized spacial score (nSPS) is 15.7. The molecule has 1 aliphatic rings. The fourth-order valence-corrected chi connectivity index (χ4v) is 4.02. The summed E-state index contributed by atoms with van der Waals surface area (Å²) in [7, 11) is 1.39. The van der Waals surface area contributed by atoms with Gasteiger partial charge in [0.2, 0.25) is 0 Å². The van der Waals surface area contributed by atoms with Gasteiger partial charge in [-0.3, -0.25) is 14.3 Å². The van der Waals surface area contributed by atoms with Gasteiger partial charge in [-0.05, 0) is 42.8 Å². The van der Waals surface area contributed by atoms with Crippen molar-refractivity contribution in [2.75, 3.05) is 44.7 Å². The van der Waals surface area contributed by atoms with Gasteiger partial charge in [0, 0.05) is 37.6 Å². The lowest BCUT2D eigenvalue weighted by Gasteiger charge is -2.35. The molecule has 32 heavy (non-hydrogen) atoms. The summed E-state index contributed by atoms with van der Waals surface area (Å²) in [5.74, 6) is -1.08. The highest BCUT2D eigenvalue weighted by Crippen LogP contribution is 2.28. The fourth-order valence-electron chi connectivity index (χ4n) is 4.02. The maximum Gasteiger partial charge on any atom is 0.319 e. The van der Waals surface area contributed by atoms with Crippen LogP contribution in [-0.4, -0.2) is 71.3 Å². The van der Waals surface area contributed by atoms with Gasteiger partial charge in [0.1, 0.15) is 11.9 Å². The number of hydrogen-bond donors (Lipinski definition) is 1. The Labute approximate surface area is 185 Å². The van der Waals surface area contributed by atoms with Gasteiger partial charge >= 0.3 is 5.97 Å². The molecule has 0 saturated carbocycles. The largest absolute Gasteiger partial charge is 0.545 e. The second-order valence-electron chi connectivity index (χ2n) is 7.83. The number of aliphatic hydroxyl groups excluding tert-OH is 1. The molecule has 9 heteroatoms. The molecule has 0 spiro atoms. The highest BCUT2D eigenvalue weighted by atomic mass is 16.5. The van der Waals surface area contributed by atoms with Crippen LogP contribution in [0.15, 0.2) is 42.5 Å². The van der Waals surface area contributed by atoms with Crippen LogP contribution in [0, 0.1) is 0 Å². The lowest BCUT2D eigenvalue weighted by molar-refractivity contribution is -0.255. The van der Waals surface area contributed by atoms with Gasteiger partial charge in [-0.2, -0.15) is 0 Å². The molecule has 1 saturated heterocycles. The number of carbonyl (C=O) groups excluding carboxylic acids is 2.